The zero-order chi connectivity index (χ0) is 13.1. The highest BCUT2D eigenvalue weighted by Gasteiger charge is 2.19. The number of nitrogens with one attached hydrogen (secondary N) is 1. The molecule has 1 aliphatic carbocycles. The lowest BCUT2D eigenvalue weighted by Crippen LogP contribution is -2.21. The Labute approximate surface area is 118 Å². The molecular weight excluding hydrogens is 254 g/mol. The minimum absolute atomic E-state index is 0.418. The van der Waals surface area contributed by atoms with Crippen LogP contribution in [0.1, 0.15) is 43.5 Å². The van der Waals surface area contributed by atoms with Crippen LogP contribution < -0.4 is 5.32 Å². The number of nitrogens with zero attached hydrogens (tertiary/aromatic N) is 2. The molecule has 3 rings (SSSR count). The van der Waals surface area contributed by atoms with Crippen molar-refractivity contribution < 1.29 is 0 Å². The fourth-order valence-electron chi connectivity index (χ4n) is 2.90. The number of imidazole rings is 1. The second-order valence-electron chi connectivity index (χ2n) is 5.43. The molecule has 4 heteroatoms. The maximum Gasteiger partial charge on any atom is 0.203 e. The fraction of sp³-hybridized carbons (Fsp3) is 0.533. The standard InChI is InChI=1S/C15H21N3S/c1-12(11-14-7-4-10-19-14)17-15-16-8-9-18(15)13-5-2-3-6-13/h4,7-10,12-13H,2-3,5-6,11H2,1H3,(H,16,17). The largest absolute Gasteiger partial charge is 0.353 e. The van der Waals surface area contributed by atoms with Crippen molar-refractivity contribution in [3.05, 3.63) is 34.8 Å². The summed E-state index contributed by atoms with van der Waals surface area (Å²) in [4.78, 5) is 5.91. The lowest BCUT2D eigenvalue weighted by molar-refractivity contribution is 0.520. The highest BCUT2D eigenvalue weighted by molar-refractivity contribution is 7.09. The Bertz CT molecular complexity index is 497. The molecule has 0 spiro atoms. The van der Waals surface area contributed by atoms with Crippen LogP contribution in [0, 0.1) is 0 Å². The Balaban J connectivity index is 1.64. The van der Waals surface area contributed by atoms with Gasteiger partial charge in [0.25, 0.3) is 0 Å². The lowest BCUT2D eigenvalue weighted by Gasteiger charge is -2.19. The number of thiophene rings is 1. The van der Waals surface area contributed by atoms with E-state index in [1.807, 2.05) is 17.5 Å². The third-order valence-corrected chi connectivity index (χ3v) is 4.75. The van der Waals surface area contributed by atoms with Crippen molar-refractivity contribution in [2.45, 2.75) is 51.1 Å². The Hall–Kier alpha value is -1.29. The molecule has 3 nitrogen and oxygen atoms in total. The van der Waals surface area contributed by atoms with Gasteiger partial charge in [-0.25, -0.2) is 4.98 Å². The quantitative estimate of drug-likeness (QED) is 0.890. The topological polar surface area (TPSA) is 29.9 Å². The molecule has 19 heavy (non-hydrogen) atoms. The maximum atomic E-state index is 4.49. The van der Waals surface area contributed by atoms with E-state index in [1.54, 1.807) is 0 Å². The van der Waals surface area contributed by atoms with Crippen LogP contribution in [-0.2, 0) is 6.42 Å². The van der Waals surface area contributed by atoms with Gasteiger partial charge < -0.3 is 9.88 Å². The normalized spacial score (nSPS) is 17.7. The average molecular weight is 275 g/mol. The van der Waals surface area contributed by atoms with Crippen LogP contribution in [0.2, 0.25) is 0 Å². The SMILES string of the molecule is CC(Cc1cccs1)Nc1nccn1C1CCCC1. The maximum absolute atomic E-state index is 4.49. The first-order valence-corrected chi connectivity index (χ1v) is 8.02. The summed E-state index contributed by atoms with van der Waals surface area (Å²) in [5.41, 5.74) is 0. The molecule has 2 heterocycles. The zero-order valence-electron chi connectivity index (χ0n) is 11.4. The van der Waals surface area contributed by atoms with E-state index in [2.05, 4.69) is 45.5 Å². The van der Waals surface area contributed by atoms with E-state index in [-0.39, 0.29) is 0 Å². The van der Waals surface area contributed by atoms with E-state index in [4.69, 9.17) is 0 Å². The smallest absolute Gasteiger partial charge is 0.203 e. The van der Waals surface area contributed by atoms with E-state index < -0.39 is 0 Å². The Kier molecular flexibility index (Phi) is 3.87. The van der Waals surface area contributed by atoms with Gasteiger partial charge in [-0.2, -0.15) is 0 Å². The van der Waals surface area contributed by atoms with Crippen LogP contribution in [0.5, 0.6) is 0 Å². The molecule has 1 fully saturated rings. The Morgan fingerprint density at radius 2 is 2.32 bits per heavy atom. The molecule has 1 saturated carbocycles. The molecule has 0 aromatic carbocycles. The van der Waals surface area contributed by atoms with Crippen molar-refractivity contribution in [1.29, 1.82) is 0 Å². The first-order valence-electron chi connectivity index (χ1n) is 7.14. The van der Waals surface area contributed by atoms with Gasteiger partial charge in [-0.05, 0) is 31.2 Å². The van der Waals surface area contributed by atoms with Crippen LogP contribution in [0.15, 0.2) is 29.9 Å². The summed E-state index contributed by atoms with van der Waals surface area (Å²) >= 11 is 1.83. The summed E-state index contributed by atoms with van der Waals surface area (Å²) in [6, 6.07) is 5.39. The third kappa shape index (κ3) is 3.00. The molecule has 0 bridgehead atoms. The molecule has 2 aromatic heterocycles. The minimum atomic E-state index is 0.418. The van der Waals surface area contributed by atoms with Crippen LogP contribution in [0.25, 0.3) is 0 Å². The van der Waals surface area contributed by atoms with Gasteiger partial charge in [0.1, 0.15) is 0 Å². The van der Waals surface area contributed by atoms with Gasteiger partial charge in [0.15, 0.2) is 0 Å². The van der Waals surface area contributed by atoms with E-state index in [1.165, 1.54) is 30.6 Å². The van der Waals surface area contributed by atoms with Gasteiger partial charge in [-0.3, -0.25) is 0 Å². The third-order valence-electron chi connectivity index (χ3n) is 3.85. The summed E-state index contributed by atoms with van der Waals surface area (Å²) in [5, 5.41) is 5.70. The summed E-state index contributed by atoms with van der Waals surface area (Å²) in [7, 11) is 0. The van der Waals surface area contributed by atoms with E-state index in [9.17, 15) is 0 Å². The molecule has 1 aliphatic rings. The van der Waals surface area contributed by atoms with E-state index in [0.717, 1.165) is 12.4 Å². The first kappa shape index (κ1) is 12.7. The second-order valence-corrected chi connectivity index (χ2v) is 6.46. The van der Waals surface area contributed by atoms with Gasteiger partial charge >= 0.3 is 0 Å². The van der Waals surface area contributed by atoms with Gasteiger partial charge in [0.2, 0.25) is 5.95 Å². The first-order chi connectivity index (χ1) is 9.33. The molecule has 2 aromatic rings. The van der Waals surface area contributed by atoms with Crippen LogP contribution in [-0.4, -0.2) is 15.6 Å². The van der Waals surface area contributed by atoms with Gasteiger partial charge in [-0.15, -0.1) is 11.3 Å². The summed E-state index contributed by atoms with van der Waals surface area (Å²) in [6.07, 6.45) is 10.4. The van der Waals surface area contributed by atoms with Crippen molar-refractivity contribution in [2.24, 2.45) is 0 Å². The fourth-order valence-corrected chi connectivity index (χ4v) is 3.74. The van der Waals surface area contributed by atoms with Gasteiger partial charge in [0.05, 0.1) is 0 Å². The van der Waals surface area contributed by atoms with E-state index >= 15 is 0 Å². The monoisotopic (exact) mass is 275 g/mol. The number of anilines is 1. The van der Waals surface area contributed by atoms with Crippen molar-refractivity contribution in [1.82, 2.24) is 9.55 Å². The van der Waals surface area contributed by atoms with Crippen molar-refractivity contribution in [3.8, 4) is 0 Å². The highest BCUT2D eigenvalue weighted by atomic mass is 32.1. The number of rotatable bonds is 5. The van der Waals surface area contributed by atoms with Crippen molar-refractivity contribution >= 4 is 17.3 Å². The molecule has 1 atom stereocenters. The van der Waals surface area contributed by atoms with Crippen LogP contribution in [0.4, 0.5) is 5.95 Å². The minimum Gasteiger partial charge on any atom is -0.353 e. The Morgan fingerprint density at radius 1 is 1.47 bits per heavy atom. The lowest BCUT2D eigenvalue weighted by atomic mass is 10.2. The molecule has 0 saturated heterocycles. The molecule has 1 unspecified atom stereocenters. The molecule has 0 amide bonds. The Morgan fingerprint density at radius 3 is 3.05 bits per heavy atom. The van der Waals surface area contributed by atoms with Crippen LogP contribution >= 0.6 is 11.3 Å². The summed E-state index contributed by atoms with van der Waals surface area (Å²) in [5.74, 6) is 1.04. The van der Waals surface area contributed by atoms with Gasteiger partial charge in [-0.1, -0.05) is 18.9 Å². The van der Waals surface area contributed by atoms with Crippen molar-refractivity contribution in [3.63, 3.8) is 0 Å². The molecule has 0 aliphatic heterocycles. The average Bonchev–Trinajstić information content (AvgIpc) is 3.09. The summed E-state index contributed by atoms with van der Waals surface area (Å²) in [6.45, 7) is 2.23. The molecule has 102 valence electrons. The number of hydrogen-bond donors (Lipinski definition) is 1. The van der Waals surface area contributed by atoms with Crippen LogP contribution in [0.3, 0.4) is 0 Å². The molecule has 0 radical (unpaired) electrons. The summed E-state index contributed by atoms with van der Waals surface area (Å²) < 4.78 is 2.33. The van der Waals surface area contributed by atoms with Gasteiger partial charge in [0, 0.05) is 35.8 Å². The number of hydrogen-bond acceptors (Lipinski definition) is 3. The molecule has 1 N–H and O–H groups in total. The number of aromatic nitrogens is 2. The zero-order valence-corrected chi connectivity index (χ0v) is 12.2. The second kappa shape index (κ2) is 5.78. The van der Waals surface area contributed by atoms with Crippen molar-refractivity contribution in [2.75, 3.05) is 5.32 Å². The highest BCUT2D eigenvalue weighted by Crippen LogP contribution is 2.31. The predicted molar refractivity (Wildman–Crippen MR) is 80.8 cm³/mol. The van der Waals surface area contributed by atoms with E-state index in [0.29, 0.717) is 12.1 Å². The molecular formula is C15H21N3S. The predicted octanol–water partition coefficient (Wildman–Crippen LogP) is 4.10.